The van der Waals surface area contributed by atoms with E-state index in [0.717, 1.165) is 28.7 Å². The molecule has 1 N–H and O–H groups in total. The summed E-state index contributed by atoms with van der Waals surface area (Å²) in [5.74, 6) is 0.289. The van der Waals surface area contributed by atoms with Gasteiger partial charge in [-0.15, -0.1) is 5.10 Å². The summed E-state index contributed by atoms with van der Waals surface area (Å²) in [7, 11) is 0. The number of nitrogens with zero attached hydrogens (tertiary/aromatic N) is 4. The van der Waals surface area contributed by atoms with E-state index in [1.54, 1.807) is 13.8 Å². The lowest BCUT2D eigenvalue weighted by atomic mass is 9.97. The number of hydrogen-bond donors (Lipinski definition) is 1. The molecular weight excluding hydrogens is 530 g/mol. The first-order valence-electron chi connectivity index (χ1n) is 13.3. The number of tetrazole rings is 1. The molecule has 0 bridgehead atoms. The Hall–Kier alpha value is -5.00. The second-order valence-electron chi connectivity index (χ2n) is 8.87. The predicted molar refractivity (Wildman–Crippen MR) is 149 cm³/mol. The molecule has 0 atom stereocenters. The molecule has 2 aromatic heterocycles. The number of ether oxygens (including phenoxy) is 4. The van der Waals surface area contributed by atoms with Crippen LogP contribution in [0, 0.1) is 0 Å². The van der Waals surface area contributed by atoms with Gasteiger partial charge in [0, 0.05) is 24.6 Å². The van der Waals surface area contributed by atoms with Gasteiger partial charge in [0.05, 0.1) is 18.9 Å². The highest BCUT2D eigenvalue weighted by atomic mass is 16.7. The number of nitrogens with one attached hydrogen (secondary N) is 1. The predicted octanol–water partition coefficient (Wildman–Crippen LogP) is 5.16. The Morgan fingerprint density at radius 3 is 2.15 bits per heavy atom. The topological polar surface area (TPSA) is 148 Å². The molecule has 0 saturated carbocycles. The van der Waals surface area contributed by atoms with Crippen molar-refractivity contribution in [3.63, 3.8) is 0 Å². The minimum Gasteiger partial charge on any atom is -0.434 e. The molecule has 4 aromatic rings. The van der Waals surface area contributed by atoms with Gasteiger partial charge in [-0.25, -0.2) is 14.7 Å². The van der Waals surface area contributed by atoms with Gasteiger partial charge in [0.15, 0.2) is 11.6 Å². The fourth-order valence-corrected chi connectivity index (χ4v) is 4.23. The highest BCUT2D eigenvalue weighted by Crippen LogP contribution is 2.31. The quantitative estimate of drug-likeness (QED) is 0.244. The summed E-state index contributed by atoms with van der Waals surface area (Å²) in [5.41, 5.74) is 3.47. The summed E-state index contributed by atoms with van der Waals surface area (Å²) in [4.78, 5) is 37.7. The van der Waals surface area contributed by atoms with Crippen LogP contribution in [0.5, 0.6) is 11.5 Å². The maximum atomic E-state index is 13.4. The molecule has 4 rings (SSSR count). The second-order valence-corrected chi connectivity index (χ2v) is 8.87. The molecule has 2 aromatic carbocycles. The van der Waals surface area contributed by atoms with Crippen molar-refractivity contribution >= 4 is 12.3 Å². The maximum Gasteiger partial charge on any atom is 0.514 e. The number of H-pyrrole nitrogens is 1. The minimum absolute atomic E-state index is 0.0469. The third-order valence-corrected chi connectivity index (χ3v) is 6.14. The molecule has 0 aliphatic carbocycles. The van der Waals surface area contributed by atoms with Gasteiger partial charge in [-0.2, -0.15) is 0 Å². The van der Waals surface area contributed by atoms with E-state index in [0.29, 0.717) is 24.5 Å². The first-order chi connectivity index (χ1) is 19.9. The van der Waals surface area contributed by atoms with Crippen molar-refractivity contribution in [2.24, 2.45) is 0 Å². The number of unbranched alkanes of at least 4 members (excludes halogenated alkanes) is 1. The van der Waals surface area contributed by atoms with E-state index in [1.807, 2.05) is 55.5 Å². The molecule has 0 spiro atoms. The summed E-state index contributed by atoms with van der Waals surface area (Å²) in [6.45, 7) is 5.75. The van der Waals surface area contributed by atoms with Crippen LogP contribution >= 0.6 is 0 Å². The van der Waals surface area contributed by atoms with Crippen molar-refractivity contribution in [3.05, 3.63) is 76.2 Å². The average Bonchev–Trinajstić information content (AvgIpc) is 3.51. The number of aromatic nitrogens is 5. The van der Waals surface area contributed by atoms with Gasteiger partial charge in [0.1, 0.15) is 0 Å². The van der Waals surface area contributed by atoms with E-state index in [2.05, 4.69) is 20.6 Å². The number of benzene rings is 2. The van der Waals surface area contributed by atoms with Crippen LogP contribution in [-0.2, 0) is 22.4 Å². The van der Waals surface area contributed by atoms with E-state index < -0.39 is 17.9 Å². The van der Waals surface area contributed by atoms with Crippen LogP contribution in [0.1, 0.15) is 44.9 Å². The van der Waals surface area contributed by atoms with Gasteiger partial charge in [-0.3, -0.25) is 4.79 Å². The van der Waals surface area contributed by atoms with Gasteiger partial charge in [-0.1, -0.05) is 61.9 Å². The van der Waals surface area contributed by atoms with Crippen LogP contribution in [0.25, 0.3) is 22.5 Å². The van der Waals surface area contributed by atoms with E-state index in [1.165, 1.54) is 10.6 Å². The molecule has 41 heavy (non-hydrogen) atoms. The Bertz CT molecular complexity index is 1530. The molecule has 0 unspecified atom stereocenters. The van der Waals surface area contributed by atoms with E-state index >= 15 is 0 Å². The SMILES string of the molecule is CCCCn1c(Cc2ccc(-c3ccccc3-c3nnn[nH]3)cc2)c(OC(=O)OCC)cc(OC(=O)OCC)c1=O. The molecule has 12 heteroatoms. The summed E-state index contributed by atoms with van der Waals surface area (Å²) in [6, 6.07) is 16.7. The minimum atomic E-state index is -1.03. The molecule has 214 valence electrons. The molecule has 0 aliphatic heterocycles. The zero-order valence-electron chi connectivity index (χ0n) is 23.1. The number of aromatic amines is 1. The number of hydrogen-bond acceptors (Lipinski definition) is 10. The molecule has 0 amide bonds. The standard InChI is InChI=1S/C29H31N5O7/c1-4-7-16-34-23(24(40-28(36)38-5-2)18-25(27(34)35)41-29(37)39-6-3)17-19-12-14-20(15-13-19)21-10-8-9-11-22(21)26-30-32-33-31-26/h8-15,18H,4-7,16-17H2,1-3H3,(H,30,31,32,33). The lowest BCUT2D eigenvalue weighted by Gasteiger charge is -2.18. The molecule has 12 nitrogen and oxygen atoms in total. The van der Waals surface area contributed by atoms with Crippen LogP contribution in [0.15, 0.2) is 59.4 Å². The smallest absolute Gasteiger partial charge is 0.434 e. The van der Waals surface area contributed by atoms with Crippen LogP contribution < -0.4 is 15.0 Å². The summed E-state index contributed by atoms with van der Waals surface area (Å²) >= 11 is 0. The lowest BCUT2D eigenvalue weighted by Crippen LogP contribution is -2.28. The summed E-state index contributed by atoms with van der Waals surface area (Å²) < 4.78 is 21.9. The van der Waals surface area contributed by atoms with Gasteiger partial charge >= 0.3 is 12.3 Å². The maximum absolute atomic E-state index is 13.4. The molecular formula is C29H31N5O7. The Labute approximate surface area is 236 Å². The van der Waals surface area contributed by atoms with E-state index in [-0.39, 0.29) is 31.1 Å². The fourth-order valence-electron chi connectivity index (χ4n) is 4.23. The Morgan fingerprint density at radius 1 is 0.878 bits per heavy atom. The normalized spacial score (nSPS) is 10.7. The number of pyridine rings is 1. The number of carbonyl (C=O) groups excluding carboxylic acids is 2. The number of rotatable bonds is 11. The van der Waals surface area contributed by atoms with Crippen molar-refractivity contribution in [1.82, 2.24) is 25.2 Å². The lowest BCUT2D eigenvalue weighted by molar-refractivity contribution is 0.101. The van der Waals surface area contributed by atoms with Gasteiger partial charge in [0.25, 0.3) is 5.56 Å². The Balaban J connectivity index is 1.73. The van der Waals surface area contributed by atoms with Crippen molar-refractivity contribution in [3.8, 4) is 34.0 Å². The zero-order chi connectivity index (χ0) is 29.2. The molecule has 2 heterocycles. The largest absolute Gasteiger partial charge is 0.514 e. The van der Waals surface area contributed by atoms with Gasteiger partial charge in [0.2, 0.25) is 5.75 Å². The van der Waals surface area contributed by atoms with Crippen LogP contribution in [-0.4, -0.2) is 50.7 Å². The molecule has 0 aliphatic rings. The second kappa shape index (κ2) is 13.9. The summed E-state index contributed by atoms with van der Waals surface area (Å²) in [5, 5.41) is 14.2. The van der Waals surface area contributed by atoms with Crippen molar-refractivity contribution in [2.45, 2.75) is 46.6 Å². The highest BCUT2D eigenvalue weighted by Gasteiger charge is 2.22. The zero-order valence-corrected chi connectivity index (χ0v) is 23.1. The van der Waals surface area contributed by atoms with Gasteiger partial charge in [-0.05, 0) is 47.4 Å². The van der Waals surface area contributed by atoms with E-state index in [4.69, 9.17) is 18.9 Å². The first kappa shape index (κ1) is 29.0. The van der Waals surface area contributed by atoms with Crippen molar-refractivity contribution < 1.29 is 28.5 Å². The van der Waals surface area contributed by atoms with Gasteiger partial charge < -0.3 is 23.5 Å². The van der Waals surface area contributed by atoms with Crippen molar-refractivity contribution in [2.75, 3.05) is 13.2 Å². The fraction of sp³-hybridized carbons (Fsp3) is 0.310. The molecule has 0 fully saturated rings. The van der Waals surface area contributed by atoms with Crippen LogP contribution in [0.4, 0.5) is 9.59 Å². The number of carbonyl (C=O) groups is 2. The third kappa shape index (κ3) is 7.15. The van der Waals surface area contributed by atoms with Crippen LogP contribution in [0.2, 0.25) is 0 Å². The monoisotopic (exact) mass is 561 g/mol. The van der Waals surface area contributed by atoms with E-state index in [9.17, 15) is 14.4 Å². The highest BCUT2D eigenvalue weighted by molar-refractivity contribution is 5.80. The molecule has 0 radical (unpaired) electrons. The average molecular weight is 562 g/mol. The Morgan fingerprint density at radius 2 is 1.54 bits per heavy atom. The molecule has 0 saturated heterocycles. The first-order valence-corrected chi connectivity index (χ1v) is 13.3. The third-order valence-electron chi connectivity index (χ3n) is 6.14. The van der Waals surface area contributed by atoms with Crippen LogP contribution in [0.3, 0.4) is 0 Å². The van der Waals surface area contributed by atoms with Crippen molar-refractivity contribution in [1.29, 1.82) is 0 Å². The Kier molecular flexibility index (Phi) is 9.81. The summed E-state index contributed by atoms with van der Waals surface area (Å²) in [6.07, 6.45) is -0.247.